The number of phenols is 1. The third-order valence-electron chi connectivity index (χ3n) is 3.96. The fraction of sp³-hybridized carbons (Fsp3) is 0.136. The van der Waals surface area contributed by atoms with Crippen LogP contribution in [-0.2, 0) is 13.2 Å². The molecule has 0 unspecified atom stereocenters. The van der Waals surface area contributed by atoms with Gasteiger partial charge in [0.05, 0.1) is 0 Å². The molecule has 0 aliphatic rings. The van der Waals surface area contributed by atoms with Crippen LogP contribution in [0, 0.1) is 0 Å². The predicted octanol–water partition coefficient (Wildman–Crippen LogP) is 3.73. The summed E-state index contributed by atoms with van der Waals surface area (Å²) in [6, 6.07) is 21.9. The molecule has 3 aromatic rings. The maximum atomic E-state index is 12.0. The molecule has 0 amide bonds. The molecule has 0 atom stereocenters. The highest BCUT2D eigenvalue weighted by Crippen LogP contribution is 2.34. The second kappa shape index (κ2) is 8.87. The molecule has 27 heavy (non-hydrogen) atoms. The van der Waals surface area contributed by atoms with Crippen molar-refractivity contribution in [3.63, 3.8) is 0 Å². The Kier molecular flexibility index (Phi) is 6.07. The van der Waals surface area contributed by atoms with Crippen molar-refractivity contribution >= 4 is 5.78 Å². The molecule has 0 fully saturated rings. The molecule has 138 valence electrons. The molecular formula is C22H20O5. The van der Waals surface area contributed by atoms with E-state index >= 15 is 0 Å². The number of aromatic hydroxyl groups is 1. The Balaban J connectivity index is 1.83. The topological polar surface area (TPSA) is 76.0 Å². The fourth-order valence-corrected chi connectivity index (χ4v) is 2.61. The Morgan fingerprint density at radius 2 is 1.37 bits per heavy atom. The number of aliphatic hydroxyl groups is 1. The zero-order valence-electron chi connectivity index (χ0n) is 14.7. The zero-order chi connectivity index (χ0) is 19.1. The van der Waals surface area contributed by atoms with Gasteiger partial charge in [-0.3, -0.25) is 4.79 Å². The lowest BCUT2D eigenvalue weighted by molar-refractivity contribution is 0.0896. The number of ether oxygens (including phenoxy) is 2. The van der Waals surface area contributed by atoms with Crippen molar-refractivity contribution in [1.82, 2.24) is 0 Å². The van der Waals surface area contributed by atoms with Crippen LogP contribution in [-0.4, -0.2) is 22.6 Å². The average molecular weight is 364 g/mol. The highest BCUT2D eigenvalue weighted by molar-refractivity contribution is 6.02. The minimum atomic E-state index is -0.723. The van der Waals surface area contributed by atoms with Crippen LogP contribution in [0.15, 0.2) is 72.8 Å². The van der Waals surface area contributed by atoms with Gasteiger partial charge in [0.2, 0.25) is 0 Å². The first-order valence-corrected chi connectivity index (χ1v) is 8.52. The van der Waals surface area contributed by atoms with E-state index in [0.717, 1.165) is 11.1 Å². The number of benzene rings is 3. The maximum absolute atomic E-state index is 12.0. The second-order valence-corrected chi connectivity index (χ2v) is 5.95. The highest BCUT2D eigenvalue weighted by atomic mass is 16.5. The van der Waals surface area contributed by atoms with Crippen molar-refractivity contribution in [2.45, 2.75) is 13.2 Å². The summed E-state index contributed by atoms with van der Waals surface area (Å²) >= 11 is 0. The van der Waals surface area contributed by atoms with Gasteiger partial charge in [-0.15, -0.1) is 0 Å². The van der Waals surface area contributed by atoms with Gasteiger partial charge in [0.25, 0.3) is 0 Å². The summed E-state index contributed by atoms with van der Waals surface area (Å²) in [4.78, 5) is 12.0. The lowest BCUT2D eigenvalue weighted by atomic mass is 10.1. The van der Waals surface area contributed by atoms with E-state index in [1.165, 1.54) is 6.07 Å². The molecule has 3 aromatic carbocycles. The van der Waals surface area contributed by atoms with Crippen molar-refractivity contribution in [2.24, 2.45) is 0 Å². The van der Waals surface area contributed by atoms with Gasteiger partial charge in [-0.1, -0.05) is 60.7 Å². The zero-order valence-corrected chi connectivity index (χ0v) is 14.7. The third-order valence-corrected chi connectivity index (χ3v) is 3.96. The summed E-state index contributed by atoms with van der Waals surface area (Å²) in [5.41, 5.74) is 1.83. The van der Waals surface area contributed by atoms with Gasteiger partial charge in [-0.2, -0.15) is 0 Å². The summed E-state index contributed by atoms with van der Waals surface area (Å²) in [5, 5.41) is 19.5. The second-order valence-electron chi connectivity index (χ2n) is 5.95. The number of ketones is 1. The lowest BCUT2D eigenvalue weighted by Crippen LogP contribution is -2.09. The van der Waals surface area contributed by atoms with Crippen molar-refractivity contribution in [2.75, 3.05) is 6.61 Å². The van der Waals surface area contributed by atoms with Gasteiger partial charge >= 0.3 is 0 Å². The van der Waals surface area contributed by atoms with Crippen LogP contribution in [0.1, 0.15) is 21.5 Å². The average Bonchev–Trinajstić information content (AvgIpc) is 2.71. The molecule has 0 radical (unpaired) electrons. The molecule has 5 nitrogen and oxygen atoms in total. The molecule has 0 saturated heterocycles. The number of rotatable bonds is 8. The van der Waals surface area contributed by atoms with Crippen LogP contribution >= 0.6 is 0 Å². The van der Waals surface area contributed by atoms with Gasteiger partial charge in [-0.25, -0.2) is 0 Å². The van der Waals surface area contributed by atoms with E-state index in [1.807, 2.05) is 60.7 Å². The first-order chi connectivity index (χ1) is 13.2. The number of hydrogen-bond donors (Lipinski definition) is 2. The van der Waals surface area contributed by atoms with E-state index in [2.05, 4.69) is 0 Å². The monoisotopic (exact) mass is 364 g/mol. The largest absolute Gasteiger partial charge is 0.507 e. The Bertz CT molecular complexity index is 891. The minimum Gasteiger partial charge on any atom is -0.507 e. The third kappa shape index (κ3) is 4.86. The Hall–Kier alpha value is -3.31. The first-order valence-electron chi connectivity index (χ1n) is 8.52. The smallest absolute Gasteiger partial charge is 0.195 e. The van der Waals surface area contributed by atoms with Gasteiger partial charge in [0.15, 0.2) is 5.78 Å². The molecule has 5 heteroatoms. The molecule has 2 N–H and O–H groups in total. The Morgan fingerprint density at radius 1 is 0.815 bits per heavy atom. The van der Waals surface area contributed by atoms with Crippen LogP contribution in [0.3, 0.4) is 0 Å². The van der Waals surface area contributed by atoms with Gasteiger partial charge < -0.3 is 19.7 Å². The Labute approximate surface area is 157 Å². The molecule has 3 rings (SSSR count). The van der Waals surface area contributed by atoms with Crippen molar-refractivity contribution in [3.8, 4) is 17.2 Å². The standard InChI is InChI=1S/C22H20O5/c23-13-20(25)22-19(24)11-18(26-14-16-7-3-1-4-8-16)12-21(22)27-15-17-9-5-2-6-10-17/h1-12,23-24H,13-15H2. The number of carbonyl (C=O) groups is 1. The molecule has 0 bridgehead atoms. The quantitative estimate of drug-likeness (QED) is 0.596. The van der Waals surface area contributed by atoms with Crippen LogP contribution in [0.4, 0.5) is 0 Å². The van der Waals surface area contributed by atoms with E-state index in [0.29, 0.717) is 12.4 Å². The van der Waals surface area contributed by atoms with E-state index in [4.69, 9.17) is 9.47 Å². The normalized spacial score (nSPS) is 10.4. The number of Topliss-reactive ketones (excluding diaryl/α,β-unsaturated/α-hetero) is 1. The highest BCUT2D eigenvalue weighted by Gasteiger charge is 2.19. The molecule has 0 aliphatic carbocycles. The van der Waals surface area contributed by atoms with E-state index in [-0.39, 0.29) is 23.7 Å². The minimum absolute atomic E-state index is 0.0551. The van der Waals surface area contributed by atoms with E-state index < -0.39 is 12.4 Å². The number of phenolic OH excluding ortho intramolecular Hbond substituents is 1. The van der Waals surface area contributed by atoms with Crippen molar-refractivity contribution < 1.29 is 24.5 Å². The maximum Gasteiger partial charge on any atom is 0.195 e. The summed E-state index contributed by atoms with van der Waals surface area (Å²) in [7, 11) is 0. The van der Waals surface area contributed by atoms with E-state index in [1.54, 1.807) is 6.07 Å². The van der Waals surface area contributed by atoms with Gasteiger partial charge in [0.1, 0.15) is 42.6 Å². The first kappa shape index (κ1) is 18.5. The van der Waals surface area contributed by atoms with Crippen LogP contribution < -0.4 is 9.47 Å². The molecule has 0 aliphatic heterocycles. The SMILES string of the molecule is O=C(CO)c1c(O)cc(OCc2ccccc2)cc1OCc1ccccc1. The lowest BCUT2D eigenvalue weighted by Gasteiger charge is -2.15. The van der Waals surface area contributed by atoms with Crippen LogP contribution in [0.25, 0.3) is 0 Å². The Morgan fingerprint density at radius 3 is 1.93 bits per heavy atom. The van der Waals surface area contributed by atoms with Gasteiger partial charge in [-0.05, 0) is 11.1 Å². The van der Waals surface area contributed by atoms with Crippen molar-refractivity contribution in [1.29, 1.82) is 0 Å². The van der Waals surface area contributed by atoms with Gasteiger partial charge in [0, 0.05) is 12.1 Å². The molecule has 0 saturated carbocycles. The fourth-order valence-electron chi connectivity index (χ4n) is 2.61. The molecule has 0 heterocycles. The predicted molar refractivity (Wildman–Crippen MR) is 101 cm³/mol. The van der Waals surface area contributed by atoms with Crippen LogP contribution in [0.5, 0.6) is 17.2 Å². The summed E-state index contributed by atoms with van der Waals surface area (Å²) in [5.74, 6) is -0.372. The molecule has 0 aromatic heterocycles. The van der Waals surface area contributed by atoms with E-state index in [9.17, 15) is 15.0 Å². The number of aliphatic hydroxyl groups excluding tert-OH is 1. The summed E-state index contributed by atoms with van der Waals surface area (Å²) < 4.78 is 11.5. The molecular weight excluding hydrogens is 344 g/mol. The van der Waals surface area contributed by atoms with Crippen molar-refractivity contribution in [3.05, 3.63) is 89.5 Å². The summed E-state index contributed by atoms with van der Waals surface area (Å²) in [6.45, 7) is -0.195. The number of carbonyl (C=O) groups excluding carboxylic acids is 1. The molecule has 0 spiro atoms. The summed E-state index contributed by atoms with van der Waals surface area (Å²) in [6.07, 6.45) is 0. The van der Waals surface area contributed by atoms with Crippen LogP contribution in [0.2, 0.25) is 0 Å². The number of hydrogen-bond acceptors (Lipinski definition) is 5.